The van der Waals surface area contributed by atoms with E-state index in [-0.39, 0.29) is 18.8 Å². The van der Waals surface area contributed by atoms with Gasteiger partial charge in [-0.3, -0.25) is 0 Å². The van der Waals surface area contributed by atoms with Crippen LogP contribution in [0.25, 0.3) is 0 Å². The van der Waals surface area contributed by atoms with E-state index in [1.165, 1.54) is 0 Å². The largest absolute Gasteiger partial charge is 0.482 e. The first-order valence-corrected chi connectivity index (χ1v) is 8.94. The average molecular weight is 386 g/mol. The molecule has 1 N–H and O–H groups in total. The minimum atomic E-state index is -0.663. The first kappa shape index (κ1) is 21.2. The number of rotatable bonds is 7. The maximum absolute atomic E-state index is 12.7. The molecule has 1 aromatic heterocycles. The second-order valence-electron chi connectivity index (χ2n) is 7.16. The topological polar surface area (TPSA) is 86.8 Å². The molecule has 2 aromatic rings. The molecule has 0 bridgehead atoms. The van der Waals surface area contributed by atoms with Crippen molar-refractivity contribution in [2.24, 2.45) is 0 Å². The molecule has 150 valence electrons. The quantitative estimate of drug-likeness (QED) is 0.729. The SMILES string of the molecule is CNc1ncc(C)c(COC(=O)COc2ccccc2)c1C(=O)OC(C)(C)C. The molecule has 0 unspecified atom stereocenters. The number of nitrogens with zero attached hydrogens (tertiary/aromatic N) is 1. The van der Waals surface area contributed by atoms with Crippen LogP contribution in [0.2, 0.25) is 0 Å². The van der Waals surface area contributed by atoms with Crippen molar-refractivity contribution in [2.45, 2.75) is 39.9 Å². The molecule has 0 aliphatic rings. The summed E-state index contributed by atoms with van der Waals surface area (Å²) in [6, 6.07) is 8.98. The molecule has 0 amide bonds. The van der Waals surface area contributed by atoms with E-state index in [1.807, 2.05) is 18.2 Å². The number of hydrogen-bond donors (Lipinski definition) is 1. The standard InChI is InChI=1S/C21H26N2O5/c1-14-11-23-19(22-5)18(20(25)28-21(2,3)4)16(14)12-27-17(24)13-26-15-9-7-6-8-10-15/h6-11H,12-13H2,1-5H3,(H,22,23). The second kappa shape index (κ2) is 9.21. The highest BCUT2D eigenvalue weighted by Crippen LogP contribution is 2.25. The van der Waals surface area contributed by atoms with Gasteiger partial charge in [-0.1, -0.05) is 18.2 Å². The number of benzene rings is 1. The van der Waals surface area contributed by atoms with E-state index in [1.54, 1.807) is 53.1 Å². The minimum absolute atomic E-state index is 0.0887. The number of ether oxygens (including phenoxy) is 3. The van der Waals surface area contributed by atoms with Gasteiger partial charge in [0.15, 0.2) is 6.61 Å². The molecule has 1 heterocycles. The number of anilines is 1. The number of nitrogens with one attached hydrogen (secondary N) is 1. The summed E-state index contributed by atoms with van der Waals surface area (Å²) in [5, 5.41) is 2.89. The zero-order valence-electron chi connectivity index (χ0n) is 16.9. The van der Waals surface area contributed by atoms with Gasteiger partial charge in [-0.25, -0.2) is 14.6 Å². The van der Waals surface area contributed by atoms with Crippen LogP contribution >= 0.6 is 0 Å². The van der Waals surface area contributed by atoms with E-state index in [4.69, 9.17) is 14.2 Å². The van der Waals surface area contributed by atoms with Crippen molar-refractivity contribution >= 4 is 17.8 Å². The van der Waals surface area contributed by atoms with E-state index < -0.39 is 17.5 Å². The van der Waals surface area contributed by atoms with E-state index in [0.29, 0.717) is 17.1 Å². The highest BCUT2D eigenvalue weighted by Gasteiger charge is 2.25. The minimum Gasteiger partial charge on any atom is -0.482 e. The van der Waals surface area contributed by atoms with Gasteiger partial charge in [0, 0.05) is 18.8 Å². The van der Waals surface area contributed by atoms with Crippen molar-refractivity contribution in [2.75, 3.05) is 19.0 Å². The van der Waals surface area contributed by atoms with Gasteiger partial charge >= 0.3 is 11.9 Å². The summed E-state index contributed by atoms with van der Waals surface area (Å²) in [4.78, 5) is 29.0. The number of aromatic nitrogens is 1. The molecule has 7 heteroatoms. The number of pyridine rings is 1. The monoisotopic (exact) mass is 386 g/mol. The molecule has 0 saturated heterocycles. The fourth-order valence-electron chi connectivity index (χ4n) is 2.42. The van der Waals surface area contributed by atoms with Crippen LogP contribution in [0.15, 0.2) is 36.5 Å². The Morgan fingerprint density at radius 1 is 1.14 bits per heavy atom. The Morgan fingerprint density at radius 2 is 1.82 bits per heavy atom. The summed E-state index contributed by atoms with van der Waals surface area (Å²) in [7, 11) is 1.66. The lowest BCUT2D eigenvalue weighted by Gasteiger charge is -2.22. The highest BCUT2D eigenvalue weighted by atomic mass is 16.6. The molecule has 0 radical (unpaired) electrons. The summed E-state index contributed by atoms with van der Waals surface area (Å²) < 4.78 is 16.2. The van der Waals surface area contributed by atoms with Crippen LogP contribution in [-0.2, 0) is 20.9 Å². The van der Waals surface area contributed by atoms with Crippen LogP contribution < -0.4 is 10.1 Å². The maximum Gasteiger partial charge on any atom is 0.344 e. The normalized spacial score (nSPS) is 10.9. The van der Waals surface area contributed by atoms with Crippen LogP contribution in [0.1, 0.15) is 42.3 Å². The zero-order chi connectivity index (χ0) is 20.7. The van der Waals surface area contributed by atoms with Gasteiger partial charge in [-0.15, -0.1) is 0 Å². The van der Waals surface area contributed by atoms with Crippen LogP contribution in [0.5, 0.6) is 5.75 Å². The molecule has 2 rings (SSSR count). The molecular formula is C21H26N2O5. The van der Waals surface area contributed by atoms with Crippen LogP contribution in [0.3, 0.4) is 0 Å². The molecule has 28 heavy (non-hydrogen) atoms. The predicted octanol–water partition coefficient (Wildman–Crippen LogP) is 3.51. The Balaban J connectivity index is 2.13. The lowest BCUT2D eigenvalue weighted by molar-refractivity contribution is -0.147. The predicted molar refractivity (Wildman–Crippen MR) is 105 cm³/mol. The van der Waals surface area contributed by atoms with Crippen molar-refractivity contribution in [3.63, 3.8) is 0 Å². The summed E-state index contributed by atoms with van der Waals surface area (Å²) >= 11 is 0. The molecule has 0 aliphatic carbocycles. The first-order valence-electron chi connectivity index (χ1n) is 8.94. The van der Waals surface area contributed by atoms with Gasteiger partial charge in [-0.2, -0.15) is 0 Å². The Hall–Kier alpha value is -3.09. The summed E-state index contributed by atoms with van der Waals surface area (Å²) in [6.07, 6.45) is 1.61. The Labute approximate surface area is 165 Å². The summed E-state index contributed by atoms with van der Waals surface area (Å²) in [5.41, 5.74) is 0.857. The Bertz CT molecular complexity index is 829. The number of aryl methyl sites for hydroxylation is 1. The van der Waals surface area contributed by atoms with Crippen molar-refractivity contribution < 1.29 is 23.8 Å². The number of carbonyl (C=O) groups is 2. The molecule has 1 aromatic carbocycles. The summed E-state index contributed by atoms with van der Waals surface area (Å²) in [5.74, 6) is -0.126. The third-order valence-electron chi connectivity index (χ3n) is 3.72. The second-order valence-corrected chi connectivity index (χ2v) is 7.16. The zero-order valence-corrected chi connectivity index (χ0v) is 16.9. The van der Waals surface area contributed by atoms with E-state index in [2.05, 4.69) is 10.3 Å². The van der Waals surface area contributed by atoms with Gasteiger partial charge in [0.25, 0.3) is 0 Å². The maximum atomic E-state index is 12.7. The lowest BCUT2D eigenvalue weighted by atomic mass is 10.0. The fourth-order valence-corrected chi connectivity index (χ4v) is 2.42. The van der Waals surface area contributed by atoms with Gasteiger partial charge in [0.05, 0.1) is 0 Å². The smallest absolute Gasteiger partial charge is 0.344 e. The van der Waals surface area contributed by atoms with Gasteiger partial charge in [-0.05, 0) is 45.4 Å². The average Bonchev–Trinajstić information content (AvgIpc) is 2.64. The van der Waals surface area contributed by atoms with Crippen molar-refractivity contribution in [3.8, 4) is 5.75 Å². The first-order chi connectivity index (χ1) is 13.2. The highest BCUT2D eigenvalue weighted by molar-refractivity contribution is 5.97. The van der Waals surface area contributed by atoms with E-state index in [0.717, 1.165) is 5.56 Å². The van der Waals surface area contributed by atoms with Gasteiger partial charge in [0.2, 0.25) is 0 Å². The number of para-hydroxylation sites is 1. The molecule has 7 nitrogen and oxygen atoms in total. The van der Waals surface area contributed by atoms with Crippen molar-refractivity contribution in [1.29, 1.82) is 0 Å². The van der Waals surface area contributed by atoms with Gasteiger partial charge in [0.1, 0.15) is 29.3 Å². The van der Waals surface area contributed by atoms with Gasteiger partial charge < -0.3 is 19.5 Å². The number of esters is 2. The lowest BCUT2D eigenvalue weighted by Crippen LogP contribution is -2.26. The molecular weight excluding hydrogens is 360 g/mol. The molecule has 0 aliphatic heterocycles. The Kier molecular flexibility index (Phi) is 6.98. The molecule has 0 fully saturated rings. The van der Waals surface area contributed by atoms with Crippen LogP contribution in [-0.4, -0.2) is 36.2 Å². The third-order valence-corrected chi connectivity index (χ3v) is 3.72. The van der Waals surface area contributed by atoms with Crippen molar-refractivity contribution in [1.82, 2.24) is 4.98 Å². The number of carbonyl (C=O) groups excluding carboxylic acids is 2. The van der Waals surface area contributed by atoms with Crippen LogP contribution in [0, 0.1) is 6.92 Å². The van der Waals surface area contributed by atoms with E-state index >= 15 is 0 Å². The molecule has 0 atom stereocenters. The number of hydrogen-bond acceptors (Lipinski definition) is 7. The molecule has 0 saturated carbocycles. The summed E-state index contributed by atoms with van der Waals surface area (Å²) in [6.45, 7) is 6.84. The van der Waals surface area contributed by atoms with E-state index in [9.17, 15) is 9.59 Å². The Morgan fingerprint density at radius 3 is 2.43 bits per heavy atom. The fraction of sp³-hybridized carbons (Fsp3) is 0.381. The van der Waals surface area contributed by atoms with Crippen LogP contribution in [0.4, 0.5) is 5.82 Å². The third kappa shape index (κ3) is 5.97. The molecule has 0 spiro atoms. The van der Waals surface area contributed by atoms with Crippen molar-refractivity contribution in [3.05, 3.63) is 53.2 Å².